The number of morpholine rings is 1. The zero-order valence-corrected chi connectivity index (χ0v) is 13.2. The molecule has 1 saturated heterocycles. The van der Waals surface area contributed by atoms with E-state index in [0.29, 0.717) is 12.1 Å². The molecule has 3 nitrogen and oxygen atoms in total. The molecular formula is C17H25FN2O. The van der Waals surface area contributed by atoms with E-state index in [1.165, 1.54) is 18.5 Å². The highest BCUT2D eigenvalue weighted by Gasteiger charge is 2.37. The highest BCUT2D eigenvalue weighted by molar-refractivity contribution is 5.58. The van der Waals surface area contributed by atoms with Crippen molar-refractivity contribution in [1.29, 1.82) is 0 Å². The van der Waals surface area contributed by atoms with Crippen molar-refractivity contribution in [2.24, 2.45) is 0 Å². The Labute approximate surface area is 126 Å². The summed E-state index contributed by atoms with van der Waals surface area (Å²) >= 11 is 0. The molecule has 2 aliphatic rings. The number of aryl methyl sites for hydroxylation is 1. The summed E-state index contributed by atoms with van der Waals surface area (Å²) in [6.45, 7) is 5.60. The van der Waals surface area contributed by atoms with Gasteiger partial charge in [-0.2, -0.15) is 0 Å². The Balaban J connectivity index is 2.01. The fraction of sp³-hybridized carbons (Fsp3) is 0.647. The van der Waals surface area contributed by atoms with E-state index >= 15 is 0 Å². The van der Waals surface area contributed by atoms with E-state index in [0.717, 1.165) is 30.7 Å². The first-order valence-electron chi connectivity index (χ1n) is 7.97. The fourth-order valence-corrected chi connectivity index (χ4v) is 3.66. The fourth-order valence-electron chi connectivity index (χ4n) is 3.66. The highest BCUT2D eigenvalue weighted by Crippen LogP contribution is 2.37. The van der Waals surface area contributed by atoms with Crippen molar-refractivity contribution in [3.8, 4) is 0 Å². The van der Waals surface area contributed by atoms with Crippen molar-refractivity contribution in [3.63, 3.8) is 0 Å². The number of hydrogen-bond donors (Lipinski definition) is 1. The molecule has 3 rings (SSSR count). The van der Waals surface area contributed by atoms with Crippen LogP contribution in [0.15, 0.2) is 12.1 Å². The van der Waals surface area contributed by atoms with E-state index in [9.17, 15) is 4.39 Å². The number of fused-ring (bicyclic) bond motifs is 1. The van der Waals surface area contributed by atoms with Crippen LogP contribution in [0.3, 0.4) is 0 Å². The lowest BCUT2D eigenvalue weighted by molar-refractivity contribution is 0.0255. The molecule has 2 fully saturated rings. The first-order valence-corrected chi connectivity index (χ1v) is 7.97. The van der Waals surface area contributed by atoms with Gasteiger partial charge in [0.25, 0.3) is 0 Å². The predicted octanol–water partition coefficient (Wildman–Crippen LogP) is 3.17. The standard InChI is InChI=1S/C17H25FN2O/c1-11-9-16(13(10-14(11)18)12(2)19-3)20-7-8-21-17-6-4-5-15(17)20/h9-10,12,15,17,19H,4-8H2,1-3H3. The molecule has 0 radical (unpaired) electrons. The summed E-state index contributed by atoms with van der Waals surface area (Å²) in [4.78, 5) is 2.46. The molecule has 3 atom stereocenters. The third kappa shape index (κ3) is 2.67. The molecule has 21 heavy (non-hydrogen) atoms. The van der Waals surface area contributed by atoms with Crippen LogP contribution in [-0.4, -0.2) is 32.3 Å². The van der Waals surface area contributed by atoms with Crippen LogP contribution in [0.2, 0.25) is 0 Å². The maximum atomic E-state index is 14.0. The second-order valence-corrected chi connectivity index (χ2v) is 6.27. The zero-order valence-electron chi connectivity index (χ0n) is 13.2. The van der Waals surface area contributed by atoms with E-state index in [4.69, 9.17) is 4.74 Å². The lowest BCUT2D eigenvalue weighted by Gasteiger charge is -2.41. The molecule has 0 amide bonds. The van der Waals surface area contributed by atoms with Gasteiger partial charge < -0.3 is 15.0 Å². The van der Waals surface area contributed by atoms with E-state index in [1.807, 2.05) is 20.0 Å². The lowest BCUT2D eigenvalue weighted by Crippen LogP contribution is -2.49. The largest absolute Gasteiger partial charge is 0.374 e. The molecule has 0 aromatic heterocycles. The van der Waals surface area contributed by atoms with Crippen LogP contribution in [0.5, 0.6) is 0 Å². The predicted molar refractivity (Wildman–Crippen MR) is 83.3 cm³/mol. The van der Waals surface area contributed by atoms with Gasteiger partial charge in [-0.05, 0) is 63.4 Å². The number of ether oxygens (including phenoxy) is 1. The summed E-state index contributed by atoms with van der Waals surface area (Å²) < 4.78 is 19.9. The molecule has 116 valence electrons. The van der Waals surface area contributed by atoms with Gasteiger partial charge in [-0.3, -0.25) is 0 Å². The Morgan fingerprint density at radius 1 is 1.38 bits per heavy atom. The summed E-state index contributed by atoms with van der Waals surface area (Å²) in [7, 11) is 1.92. The van der Waals surface area contributed by atoms with Crippen LogP contribution in [0, 0.1) is 12.7 Å². The van der Waals surface area contributed by atoms with Crippen LogP contribution in [0.4, 0.5) is 10.1 Å². The van der Waals surface area contributed by atoms with Crippen LogP contribution in [0.1, 0.15) is 43.4 Å². The third-order valence-corrected chi connectivity index (χ3v) is 5.00. The lowest BCUT2D eigenvalue weighted by atomic mass is 9.99. The molecule has 3 unspecified atom stereocenters. The number of hydrogen-bond acceptors (Lipinski definition) is 3. The molecule has 1 aromatic carbocycles. The molecule has 1 aromatic rings. The Bertz CT molecular complexity index is 520. The van der Waals surface area contributed by atoms with E-state index in [1.54, 1.807) is 6.07 Å². The normalized spacial score (nSPS) is 26.8. The van der Waals surface area contributed by atoms with Gasteiger partial charge >= 0.3 is 0 Å². The molecule has 0 spiro atoms. The van der Waals surface area contributed by atoms with Crippen molar-refractivity contribution < 1.29 is 9.13 Å². The molecule has 1 N–H and O–H groups in total. The Hall–Kier alpha value is -1.13. The molecule has 4 heteroatoms. The van der Waals surface area contributed by atoms with E-state index < -0.39 is 0 Å². The quantitative estimate of drug-likeness (QED) is 0.926. The van der Waals surface area contributed by atoms with Gasteiger partial charge in [-0.25, -0.2) is 4.39 Å². The van der Waals surface area contributed by atoms with Crippen molar-refractivity contribution in [3.05, 3.63) is 29.1 Å². The summed E-state index contributed by atoms with van der Waals surface area (Å²) in [6.07, 6.45) is 3.90. The highest BCUT2D eigenvalue weighted by atomic mass is 19.1. The van der Waals surface area contributed by atoms with Crippen molar-refractivity contribution >= 4 is 5.69 Å². The Morgan fingerprint density at radius 3 is 2.95 bits per heavy atom. The molecule has 1 saturated carbocycles. The number of benzene rings is 1. The van der Waals surface area contributed by atoms with Gasteiger partial charge in [-0.1, -0.05) is 0 Å². The van der Waals surface area contributed by atoms with Crippen molar-refractivity contribution in [2.75, 3.05) is 25.1 Å². The first kappa shape index (κ1) is 14.8. The second kappa shape index (κ2) is 5.93. The Kier molecular flexibility index (Phi) is 4.18. The molecule has 1 heterocycles. The maximum Gasteiger partial charge on any atom is 0.126 e. The van der Waals surface area contributed by atoms with E-state index in [-0.39, 0.29) is 11.9 Å². The second-order valence-electron chi connectivity index (χ2n) is 6.27. The number of rotatable bonds is 3. The summed E-state index contributed by atoms with van der Waals surface area (Å²) in [6, 6.07) is 4.30. The first-order chi connectivity index (χ1) is 10.1. The van der Waals surface area contributed by atoms with Crippen molar-refractivity contribution in [2.45, 2.75) is 51.3 Å². The van der Waals surface area contributed by atoms with E-state index in [2.05, 4.69) is 17.1 Å². The topological polar surface area (TPSA) is 24.5 Å². The minimum absolute atomic E-state index is 0.118. The number of nitrogens with zero attached hydrogens (tertiary/aromatic N) is 1. The summed E-state index contributed by atoms with van der Waals surface area (Å²) in [5.74, 6) is -0.118. The SMILES string of the molecule is CNC(C)c1cc(F)c(C)cc1N1CCOC2CCCC21. The van der Waals surface area contributed by atoms with Gasteiger partial charge in [0.15, 0.2) is 0 Å². The minimum Gasteiger partial charge on any atom is -0.374 e. The van der Waals surface area contributed by atoms with Gasteiger partial charge in [0.2, 0.25) is 0 Å². The van der Waals surface area contributed by atoms with Crippen LogP contribution in [-0.2, 0) is 4.74 Å². The summed E-state index contributed by atoms with van der Waals surface area (Å²) in [5.41, 5.74) is 2.95. The number of nitrogens with one attached hydrogen (secondary N) is 1. The van der Waals surface area contributed by atoms with Crippen LogP contribution < -0.4 is 10.2 Å². The molecular weight excluding hydrogens is 267 g/mol. The summed E-state index contributed by atoms with van der Waals surface area (Å²) in [5, 5.41) is 3.24. The third-order valence-electron chi connectivity index (χ3n) is 5.00. The monoisotopic (exact) mass is 292 g/mol. The molecule has 0 bridgehead atoms. The van der Waals surface area contributed by atoms with Gasteiger partial charge in [0.1, 0.15) is 5.82 Å². The zero-order chi connectivity index (χ0) is 15.0. The maximum absolute atomic E-state index is 14.0. The average molecular weight is 292 g/mol. The molecule has 1 aliphatic heterocycles. The van der Waals surface area contributed by atoms with Crippen molar-refractivity contribution in [1.82, 2.24) is 5.32 Å². The minimum atomic E-state index is -0.118. The number of anilines is 1. The number of halogens is 1. The van der Waals surface area contributed by atoms with Gasteiger partial charge in [0, 0.05) is 18.3 Å². The van der Waals surface area contributed by atoms with Crippen LogP contribution >= 0.6 is 0 Å². The smallest absolute Gasteiger partial charge is 0.126 e. The Morgan fingerprint density at radius 2 is 2.19 bits per heavy atom. The van der Waals surface area contributed by atoms with Gasteiger partial charge in [-0.15, -0.1) is 0 Å². The van der Waals surface area contributed by atoms with Crippen LogP contribution in [0.25, 0.3) is 0 Å². The average Bonchev–Trinajstić information content (AvgIpc) is 2.97. The van der Waals surface area contributed by atoms with Gasteiger partial charge in [0.05, 0.1) is 18.8 Å². The molecule has 1 aliphatic carbocycles.